The van der Waals surface area contributed by atoms with E-state index in [0.717, 1.165) is 12.8 Å². The average molecular weight is 628 g/mol. The van der Waals surface area contributed by atoms with Crippen molar-refractivity contribution in [3.05, 3.63) is 11.5 Å². The van der Waals surface area contributed by atoms with Crippen LogP contribution in [-0.2, 0) is 30.7 Å². The Hall–Kier alpha value is -1.51. The van der Waals surface area contributed by atoms with Gasteiger partial charge >= 0.3 is 44.8 Å². The summed E-state index contributed by atoms with van der Waals surface area (Å²) in [5.74, 6) is -2.12. The Labute approximate surface area is 199 Å². The third kappa shape index (κ3) is 17.8. The molecule has 1 aliphatic carbocycles. The quantitative estimate of drug-likeness (QED) is 0.186. The molecule has 0 spiro atoms. The van der Waals surface area contributed by atoms with Gasteiger partial charge in [-0.1, -0.05) is 53.4 Å². The summed E-state index contributed by atoms with van der Waals surface area (Å²) < 4.78 is 0. The van der Waals surface area contributed by atoms with Crippen LogP contribution in [0.15, 0.2) is 0 Å². The molecule has 4 atom stereocenters. The number of carboxylic acids is 2. The van der Waals surface area contributed by atoms with Gasteiger partial charge in [0.2, 0.25) is 0 Å². The van der Waals surface area contributed by atoms with Crippen molar-refractivity contribution in [1.82, 2.24) is 0 Å². The summed E-state index contributed by atoms with van der Waals surface area (Å²) in [5.41, 5.74) is 14.6. The van der Waals surface area contributed by atoms with Crippen LogP contribution in [0.5, 0.6) is 0 Å². The van der Waals surface area contributed by atoms with Crippen LogP contribution in [0.1, 0.15) is 67.2 Å². The smallest absolute Gasteiger partial charge is 0.676 e. The molecule has 0 aromatic heterocycles. The number of carbonyl (C=O) groups is 2. The normalized spacial score (nSPS) is 21.0. The van der Waals surface area contributed by atoms with Crippen LogP contribution in [0.2, 0.25) is 0 Å². The zero-order chi connectivity index (χ0) is 24.0. The minimum Gasteiger partial charge on any atom is -0.676 e. The summed E-state index contributed by atoms with van der Waals surface area (Å²) in [6, 6.07) is -1.58. The van der Waals surface area contributed by atoms with E-state index in [2.05, 4.69) is 9.98 Å². The van der Waals surface area contributed by atoms with Crippen molar-refractivity contribution in [3.8, 4) is 0 Å². The Bertz CT molecular complexity index is 526. The monoisotopic (exact) mass is 627 g/mol. The second kappa shape index (κ2) is 18.1. The minimum atomic E-state index is -0.951. The molecule has 0 aromatic rings. The zero-order valence-corrected chi connectivity index (χ0v) is 21.5. The fourth-order valence-corrected chi connectivity index (χ4v) is 2.61. The maximum atomic E-state index is 10.5. The van der Waals surface area contributed by atoms with E-state index in [0.29, 0.717) is 0 Å². The van der Waals surface area contributed by atoms with E-state index in [9.17, 15) is 9.59 Å². The van der Waals surface area contributed by atoms with Crippen molar-refractivity contribution in [1.29, 1.82) is 0 Å². The number of rotatable bonds is 6. The van der Waals surface area contributed by atoms with E-state index in [4.69, 9.17) is 31.9 Å². The Morgan fingerprint density at radius 1 is 0.742 bits per heavy atom. The van der Waals surface area contributed by atoms with E-state index in [1.54, 1.807) is 27.7 Å². The van der Waals surface area contributed by atoms with Gasteiger partial charge in [0.05, 0.1) is 13.8 Å². The number of hydrogen-bond acceptors (Lipinski definition) is 2. The Balaban J connectivity index is -0.000000377. The summed E-state index contributed by atoms with van der Waals surface area (Å²) in [6.07, 6.45) is 4.25. The molecule has 1 rings (SSSR count). The van der Waals surface area contributed by atoms with E-state index in [-0.39, 0.29) is 56.8 Å². The van der Waals surface area contributed by atoms with Crippen LogP contribution in [0, 0.1) is 11.8 Å². The molecular formula is C20H40N4O6Pt+2. The summed E-state index contributed by atoms with van der Waals surface area (Å²) >= 11 is 0. The van der Waals surface area contributed by atoms with Gasteiger partial charge in [-0.3, -0.25) is 0 Å². The standard InChI is InChI=1S/2C7H13NO3.C6H12N2.Pt/c2*1-4(2)6(7(10)11)8-5(3)9;7-5-3-1-2-4-6(5)8;/h2*4,6H,1-3H3,(H,8,9)(H,10,11);5-8H,1-4H2;/q;;-2;+2/p+2. The third-order valence-corrected chi connectivity index (χ3v) is 4.36. The second-order valence-electron chi connectivity index (χ2n) is 8.08. The van der Waals surface area contributed by atoms with Gasteiger partial charge in [-0.05, 0) is 0 Å². The van der Waals surface area contributed by atoms with E-state index < -0.39 is 24.0 Å². The van der Waals surface area contributed by atoms with Gasteiger partial charge in [0.1, 0.15) is 0 Å². The Morgan fingerprint density at radius 3 is 1.10 bits per heavy atom. The van der Waals surface area contributed by atoms with Gasteiger partial charge in [-0.2, -0.15) is 12.1 Å². The van der Waals surface area contributed by atoms with Crippen molar-refractivity contribution in [2.75, 3.05) is 0 Å². The van der Waals surface area contributed by atoms with E-state index in [1.807, 2.05) is 0 Å². The summed E-state index contributed by atoms with van der Waals surface area (Å²) in [6.45, 7) is 9.92. The van der Waals surface area contributed by atoms with Crippen molar-refractivity contribution in [2.24, 2.45) is 11.8 Å². The molecular weight excluding hydrogens is 587 g/mol. The molecule has 0 heterocycles. The van der Waals surface area contributed by atoms with E-state index in [1.165, 1.54) is 26.7 Å². The molecule has 1 aliphatic rings. The Kier molecular flexibility index (Phi) is 19.9. The van der Waals surface area contributed by atoms with Crippen molar-refractivity contribution < 1.29 is 61.1 Å². The number of aliphatic carboxylic acids is 2. The second-order valence-corrected chi connectivity index (χ2v) is 8.08. The summed E-state index contributed by atoms with van der Waals surface area (Å²) in [7, 11) is 0. The maximum absolute atomic E-state index is 10.5. The van der Waals surface area contributed by atoms with E-state index >= 15 is 0 Å². The minimum absolute atomic E-state index is 0. The van der Waals surface area contributed by atoms with Crippen LogP contribution < -0.4 is 9.98 Å². The first-order valence-electron chi connectivity index (χ1n) is 10.2. The van der Waals surface area contributed by atoms with Crippen LogP contribution in [0.25, 0.3) is 11.5 Å². The SMILES string of the molecule is CC(O)=[NH+]C(C(=O)O)C(C)C.CC(O)=[NH+]C(C(=O)O)C(C)C.[NH-]C1CCCCC1[NH-].[Pt+2]. The van der Waals surface area contributed by atoms with Gasteiger partial charge < -0.3 is 31.9 Å². The largest absolute Gasteiger partial charge is 2.00 e. The zero-order valence-electron chi connectivity index (χ0n) is 19.2. The van der Waals surface area contributed by atoms with Crippen LogP contribution in [-0.4, -0.2) is 68.3 Å². The molecule has 184 valence electrons. The number of hydrogen-bond donors (Lipinski definition) is 6. The molecule has 11 heteroatoms. The molecule has 31 heavy (non-hydrogen) atoms. The van der Waals surface area contributed by atoms with Crippen molar-refractivity contribution in [3.63, 3.8) is 0 Å². The molecule has 8 N–H and O–H groups in total. The summed E-state index contributed by atoms with van der Waals surface area (Å²) in [4.78, 5) is 25.9. The van der Waals surface area contributed by atoms with Gasteiger partial charge in [-0.25, -0.2) is 19.6 Å². The third-order valence-electron chi connectivity index (χ3n) is 4.36. The first-order valence-corrected chi connectivity index (χ1v) is 10.2. The average Bonchev–Trinajstić information content (AvgIpc) is 2.60. The number of aliphatic hydroxyl groups is 2. The molecule has 0 amide bonds. The molecule has 10 nitrogen and oxygen atoms in total. The number of carboxylic acid groups (broad SMARTS) is 2. The Morgan fingerprint density at radius 2 is 1.00 bits per heavy atom. The molecule has 4 unspecified atom stereocenters. The summed E-state index contributed by atoms with van der Waals surface area (Å²) in [5, 5.41) is 34.7. The first kappa shape index (κ1) is 34.1. The fraction of sp³-hybridized carbons (Fsp3) is 0.800. The topological polar surface area (TPSA) is 191 Å². The maximum Gasteiger partial charge on any atom is 2.00 e. The van der Waals surface area contributed by atoms with Gasteiger partial charge in [0.15, 0.2) is 0 Å². The molecule has 1 saturated carbocycles. The molecule has 0 aromatic carbocycles. The molecule has 1 fully saturated rings. The van der Waals surface area contributed by atoms with Crippen molar-refractivity contribution >= 4 is 23.7 Å². The predicted octanol–water partition coefficient (Wildman–Crippen LogP) is 0.705. The molecule has 0 saturated heterocycles. The number of nitrogens with one attached hydrogen (secondary N) is 4. The first-order chi connectivity index (χ1) is 13.7. The van der Waals surface area contributed by atoms with Crippen molar-refractivity contribution in [2.45, 2.75) is 91.4 Å². The van der Waals surface area contributed by atoms with Gasteiger partial charge in [-0.15, -0.1) is 0 Å². The molecule has 0 aliphatic heterocycles. The fourth-order valence-electron chi connectivity index (χ4n) is 2.61. The van der Waals surface area contributed by atoms with Crippen LogP contribution in [0.3, 0.4) is 0 Å². The number of aliphatic hydroxyl groups excluding tert-OH is 2. The predicted molar refractivity (Wildman–Crippen MR) is 116 cm³/mol. The van der Waals surface area contributed by atoms with Gasteiger partial charge in [0.25, 0.3) is 12.1 Å². The molecule has 0 bridgehead atoms. The van der Waals surface area contributed by atoms with Gasteiger partial charge in [0, 0.05) is 11.8 Å². The van der Waals surface area contributed by atoms with Crippen LogP contribution in [0.4, 0.5) is 0 Å². The van der Waals surface area contributed by atoms with Crippen LogP contribution >= 0.6 is 0 Å². The molecule has 0 radical (unpaired) electrons.